The molecule has 5 heteroatoms. The van der Waals surface area contributed by atoms with E-state index in [1.54, 1.807) is 6.33 Å². The van der Waals surface area contributed by atoms with Crippen molar-refractivity contribution < 1.29 is 4.74 Å². The van der Waals surface area contributed by atoms with Crippen LogP contribution in [0.1, 0.15) is 25.7 Å². The number of aromatic nitrogens is 2. The summed E-state index contributed by atoms with van der Waals surface area (Å²) in [5.74, 6) is 0.977. The molecule has 122 valence electrons. The summed E-state index contributed by atoms with van der Waals surface area (Å²) in [5, 5.41) is 4.77. The molecule has 0 spiro atoms. The molecular formula is C18H24N4O. The van der Waals surface area contributed by atoms with Gasteiger partial charge in [0.25, 0.3) is 0 Å². The van der Waals surface area contributed by atoms with Gasteiger partial charge in [-0.1, -0.05) is 12.1 Å². The number of ether oxygens (including phenoxy) is 1. The number of anilines is 1. The lowest BCUT2D eigenvalue weighted by Crippen LogP contribution is -2.46. The molecule has 4 rings (SSSR count). The van der Waals surface area contributed by atoms with Crippen molar-refractivity contribution in [3.05, 3.63) is 30.6 Å². The van der Waals surface area contributed by atoms with E-state index >= 15 is 0 Å². The van der Waals surface area contributed by atoms with E-state index in [0.717, 1.165) is 49.1 Å². The Morgan fingerprint density at radius 1 is 1.00 bits per heavy atom. The summed E-state index contributed by atoms with van der Waals surface area (Å²) >= 11 is 0. The first-order valence-corrected chi connectivity index (χ1v) is 8.68. The van der Waals surface area contributed by atoms with Gasteiger partial charge in [-0.25, -0.2) is 9.97 Å². The topological polar surface area (TPSA) is 50.3 Å². The molecule has 0 radical (unpaired) electrons. The van der Waals surface area contributed by atoms with E-state index in [0.29, 0.717) is 6.04 Å². The van der Waals surface area contributed by atoms with Crippen LogP contribution in [0.2, 0.25) is 0 Å². The third-order valence-corrected chi connectivity index (χ3v) is 5.14. The van der Waals surface area contributed by atoms with E-state index in [4.69, 9.17) is 4.74 Å². The van der Waals surface area contributed by atoms with Crippen LogP contribution < -0.4 is 5.32 Å². The molecule has 1 aliphatic carbocycles. The minimum absolute atomic E-state index is 0.519. The van der Waals surface area contributed by atoms with Crippen LogP contribution in [-0.4, -0.2) is 53.3 Å². The quantitative estimate of drug-likeness (QED) is 0.944. The zero-order valence-electron chi connectivity index (χ0n) is 13.4. The highest BCUT2D eigenvalue weighted by Gasteiger charge is 2.27. The highest BCUT2D eigenvalue weighted by Crippen LogP contribution is 2.27. The molecule has 1 saturated heterocycles. The average Bonchev–Trinajstić information content (AvgIpc) is 2.63. The zero-order chi connectivity index (χ0) is 15.5. The number of hydrogen-bond acceptors (Lipinski definition) is 5. The van der Waals surface area contributed by atoms with Gasteiger partial charge in [-0.15, -0.1) is 0 Å². The third kappa shape index (κ3) is 3.31. The number of hydrogen-bond donors (Lipinski definition) is 1. The van der Waals surface area contributed by atoms with Crippen molar-refractivity contribution in [3.8, 4) is 0 Å². The molecule has 2 aromatic rings. The van der Waals surface area contributed by atoms with Crippen LogP contribution in [0, 0.1) is 0 Å². The normalized spacial score (nSPS) is 26.3. The summed E-state index contributed by atoms with van der Waals surface area (Å²) in [4.78, 5) is 11.4. The second kappa shape index (κ2) is 6.81. The smallest absolute Gasteiger partial charge is 0.137 e. The number of morpholine rings is 1. The Balaban J connectivity index is 1.39. The average molecular weight is 312 g/mol. The van der Waals surface area contributed by atoms with Gasteiger partial charge < -0.3 is 10.1 Å². The van der Waals surface area contributed by atoms with Crippen molar-refractivity contribution in [1.29, 1.82) is 0 Å². The SMILES string of the molecule is c1ccc2c(N[C@H]3CC[C@H](N4CCOCC4)CC3)ncnc2c1. The number of para-hydroxylation sites is 1. The van der Waals surface area contributed by atoms with E-state index in [9.17, 15) is 0 Å². The lowest BCUT2D eigenvalue weighted by Gasteiger charge is -2.39. The molecule has 5 nitrogen and oxygen atoms in total. The molecule has 1 N–H and O–H groups in total. The van der Waals surface area contributed by atoms with Crippen LogP contribution in [0.25, 0.3) is 10.9 Å². The molecule has 2 fully saturated rings. The second-order valence-corrected chi connectivity index (χ2v) is 6.54. The first-order valence-electron chi connectivity index (χ1n) is 8.68. The highest BCUT2D eigenvalue weighted by molar-refractivity contribution is 5.88. The molecule has 0 atom stereocenters. The molecule has 0 bridgehead atoms. The number of benzene rings is 1. The van der Waals surface area contributed by atoms with Gasteiger partial charge in [0.1, 0.15) is 12.1 Å². The molecular weight excluding hydrogens is 288 g/mol. The first-order chi connectivity index (χ1) is 11.4. The number of fused-ring (bicyclic) bond motifs is 1. The number of rotatable bonds is 3. The van der Waals surface area contributed by atoms with E-state index in [2.05, 4.69) is 26.3 Å². The van der Waals surface area contributed by atoms with Gasteiger partial charge in [-0.2, -0.15) is 0 Å². The minimum Gasteiger partial charge on any atom is -0.379 e. The Kier molecular flexibility index (Phi) is 4.39. The molecule has 1 aromatic heterocycles. The monoisotopic (exact) mass is 312 g/mol. The van der Waals surface area contributed by atoms with Crippen LogP contribution in [0.15, 0.2) is 30.6 Å². The van der Waals surface area contributed by atoms with Crippen molar-refractivity contribution in [3.63, 3.8) is 0 Å². The Hall–Kier alpha value is -1.72. The van der Waals surface area contributed by atoms with E-state index < -0.39 is 0 Å². The predicted molar refractivity (Wildman–Crippen MR) is 91.6 cm³/mol. The van der Waals surface area contributed by atoms with Crippen LogP contribution in [0.5, 0.6) is 0 Å². The number of nitrogens with one attached hydrogen (secondary N) is 1. The minimum atomic E-state index is 0.519. The molecule has 1 aromatic carbocycles. The fraction of sp³-hybridized carbons (Fsp3) is 0.556. The maximum absolute atomic E-state index is 5.46. The maximum atomic E-state index is 5.46. The van der Waals surface area contributed by atoms with Crippen LogP contribution >= 0.6 is 0 Å². The highest BCUT2D eigenvalue weighted by atomic mass is 16.5. The van der Waals surface area contributed by atoms with Gasteiger partial charge in [-0.05, 0) is 37.8 Å². The molecule has 0 unspecified atom stereocenters. The first kappa shape index (κ1) is 14.8. The second-order valence-electron chi connectivity index (χ2n) is 6.54. The third-order valence-electron chi connectivity index (χ3n) is 5.14. The van der Waals surface area contributed by atoms with E-state index in [1.165, 1.54) is 25.7 Å². The summed E-state index contributed by atoms with van der Waals surface area (Å²) in [6.07, 6.45) is 6.60. The van der Waals surface area contributed by atoms with Crippen LogP contribution in [0.4, 0.5) is 5.82 Å². The van der Waals surface area contributed by atoms with Crippen molar-refractivity contribution >= 4 is 16.7 Å². The van der Waals surface area contributed by atoms with Gasteiger partial charge in [-0.3, -0.25) is 4.90 Å². The number of nitrogens with zero attached hydrogens (tertiary/aromatic N) is 3. The Bertz CT molecular complexity index is 643. The predicted octanol–water partition coefficient (Wildman–Crippen LogP) is 2.69. The Labute approximate surface area is 137 Å². The van der Waals surface area contributed by atoms with Gasteiger partial charge in [0.2, 0.25) is 0 Å². The van der Waals surface area contributed by atoms with Gasteiger partial charge >= 0.3 is 0 Å². The molecule has 0 amide bonds. The summed E-state index contributed by atoms with van der Waals surface area (Å²) < 4.78 is 5.46. The summed E-state index contributed by atoms with van der Waals surface area (Å²) in [5.41, 5.74) is 1.01. The summed E-state index contributed by atoms with van der Waals surface area (Å²) in [6.45, 7) is 3.98. The molecule has 23 heavy (non-hydrogen) atoms. The van der Waals surface area contributed by atoms with Crippen LogP contribution in [-0.2, 0) is 4.74 Å². The standard InChI is InChI=1S/C18H24N4O/c1-2-4-17-16(3-1)18(20-13-19-17)21-14-5-7-15(8-6-14)22-9-11-23-12-10-22/h1-4,13-15H,5-12H2,(H,19,20,21)/t14-,15-. The fourth-order valence-corrected chi connectivity index (χ4v) is 3.84. The van der Waals surface area contributed by atoms with Gasteiger partial charge in [0.15, 0.2) is 0 Å². The van der Waals surface area contributed by atoms with Crippen LogP contribution in [0.3, 0.4) is 0 Å². The van der Waals surface area contributed by atoms with Crippen molar-refractivity contribution in [2.75, 3.05) is 31.6 Å². The van der Waals surface area contributed by atoms with E-state index in [1.807, 2.05) is 18.2 Å². The van der Waals surface area contributed by atoms with Gasteiger partial charge in [0, 0.05) is 30.6 Å². The Morgan fingerprint density at radius 3 is 2.61 bits per heavy atom. The molecule has 2 heterocycles. The maximum Gasteiger partial charge on any atom is 0.137 e. The lowest BCUT2D eigenvalue weighted by molar-refractivity contribution is 0.00791. The molecule has 2 aliphatic rings. The summed E-state index contributed by atoms with van der Waals surface area (Å²) in [6, 6.07) is 9.46. The molecule has 1 aliphatic heterocycles. The Morgan fingerprint density at radius 2 is 1.78 bits per heavy atom. The lowest BCUT2D eigenvalue weighted by atomic mass is 9.90. The van der Waals surface area contributed by atoms with Crippen molar-refractivity contribution in [2.45, 2.75) is 37.8 Å². The van der Waals surface area contributed by atoms with Crippen molar-refractivity contribution in [1.82, 2.24) is 14.9 Å². The van der Waals surface area contributed by atoms with E-state index in [-0.39, 0.29) is 0 Å². The molecule has 1 saturated carbocycles. The zero-order valence-corrected chi connectivity index (χ0v) is 13.4. The fourth-order valence-electron chi connectivity index (χ4n) is 3.84. The summed E-state index contributed by atoms with van der Waals surface area (Å²) in [7, 11) is 0. The van der Waals surface area contributed by atoms with Crippen molar-refractivity contribution in [2.24, 2.45) is 0 Å². The van der Waals surface area contributed by atoms with Gasteiger partial charge in [0.05, 0.1) is 18.7 Å². The largest absolute Gasteiger partial charge is 0.379 e.